The molecular weight excluding hydrogens is 497 g/mol. The third-order valence-corrected chi connectivity index (χ3v) is 7.48. The summed E-state index contributed by atoms with van der Waals surface area (Å²) in [4.78, 5) is 30.8. The quantitative estimate of drug-likeness (QED) is 0.514. The lowest BCUT2D eigenvalue weighted by Gasteiger charge is -2.35. The van der Waals surface area contributed by atoms with Gasteiger partial charge in [-0.3, -0.25) is 4.79 Å². The molecule has 2 aliphatic heterocycles. The van der Waals surface area contributed by atoms with Gasteiger partial charge in [-0.15, -0.1) is 0 Å². The molecule has 200 valence electrons. The van der Waals surface area contributed by atoms with E-state index in [9.17, 15) is 13.6 Å². The number of nitrogens with zero attached hydrogens (tertiary/aromatic N) is 5. The summed E-state index contributed by atoms with van der Waals surface area (Å²) in [6.07, 6.45) is 3.15. The van der Waals surface area contributed by atoms with Crippen LogP contribution in [-0.2, 0) is 4.74 Å². The third kappa shape index (κ3) is 5.11. The van der Waals surface area contributed by atoms with E-state index in [-0.39, 0.29) is 17.4 Å². The lowest BCUT2D eigenvalue weighted by atomic mass is 9.88. The van der Waals surface area contributed by atoms with E-state index in [2.05, 4.69) is 15.2 Å². The second-order valence-corrected chi connectivity index (χ2v) is 10.2. The van der Waals surface area contributed by atoms with Gasteiger partial charge in [0.15, 0.2) is 11.6 Å². The predicted molar refractivity (Wildman–Crippen MR) is 136 cm³/mol. The maximum absolute atomic E-state index is 15.2. The topological polar surface area (TPSA) is 83.5 Å². The minimum Gasteiger partial charge on any atom is -0.378 e. The molecule has 0 radical (unpaired) electrons. The average molecular weight is 527 g/mol. The molecule has 0 unspecified atom stereocenters. The molecule has 4 heterocycles. The maximum atomic E-state index is 15.2. The first-order valence-corrected chi connectivity index (χ1v) is 13.1. The van der Waals surface area contributed by atoms with Crippen molar-refractivity contribution in [3.63, 3.8) is 0 Å². The van der Waals surface area contributed by atoms with Crippen molar-refractivity contribution in [3.05, 3.63) is 53.4 Å². The van der Waals surface area contributed by atoms with Gasteiger partial charge in [0.2, 0.25) is 0 Å². The molecule has 38 heavy (non-hydrogen) atoms. The molecule has 1 aliphatic carbocycles. The summed E-state index contributed by atoms with van der Waals surface area (Å²) in [7, 11) is 0. The largest absolute Gasteiger partial charge is 0.378 e. The summed E-state index contributed by atoms with van der Waals surface area (Å²) < 4.78 is 47.9. The Bertz CT molecular complexity index is 1340. The lowest BCUT2D eigenvalue weighted by Crippen LogP contribution is -2.41. The summed E-state index contributed by atoms with van der Waals surface area (Å²) in [5, 5.41) is 3.45. The number of hydrogen-bond donors (Lipinski definition) is 1. The fourth-order valence-electron chi connectivity index (χ4n) is 5.12. The molecule has 2 aromatic heterocycles. The summed E-state index contributed by atoms with van der Waals surface area (Å²) in [5.74, 6) is -0.801. The van der Waals surface area contributed by atoms with Gasteiger partial charge in [-0.1, -0.05) is 6.07 Å². The number of piperidine rings is 1. The summed E-state index contributed by atoms with van der Waals surface area (Å²) in [5.41, 5.74) is 1.37. The SMILES string of the molecule is O=C(c1cc2nc(NC3CC3)c(N3CCC([C@@H](F)c4ccc(F)cc4F)CC3)nc2cn1)N1CCOCC1. The number of amides is 1. The molecule has 3 aromatic rings. The number of rotatable bonds is 6. The van der Waals surface area contributed by atoms with E-state index in [1.54, 1.807) is 17.2 Å². The fraction of sp³-hybridized carbons (Fsp3) is 0.481. The molecule has 11 heteroatoms. The second-order valence-electron chi connectivity index (χ2n) is 10.2. The van der Waals surface area contributed by atoms with Crippen LogP contribution in [-0.4, -0.2) is 71.2 Å². The number of hydrogen-bond acceptors (Lipinski definition) is 7. The number of aromatic nitrogens is 3. The zero-order valence-corrected chi connectivity index (χ0v) is 20.9. The highest BCUT2D eigenvalue weighted by Gasteiger charge is 2.32. The van der Waals surface area contributed by atoms with Crippen LogP contribution in [0.25, 0.3) is 11.0 Å². The van der Waals surface area contributed by atoms with Crippen LogP contribution in [0.5, 0.6) is 0 Å². The number of ether oxygens (including phenoxy) is 1. The van der Waals surface area contributed by atoms with Crippen molar-refractivity contribution in [2.75, 3.05) is 49.6 Å². The van der Waals surface area contributed by atoms with Crippen LogP contribution in [0.3, 0.4) is 0 Å². The van der Waals surface area contributed by atoms with Crippen molar-refractivity contribution in [1.29, 1.82) is 0 Å². The lowest BCUT2D eigenvalue weighted by molar-refractivity contribution is 0.0299. The van der Waals surface area contributed by atoms with Crippen LogP contribution in [0.4, 0.5) is 24.8 Å². The Morgan fingerprint density at radius 1 is 1.00 bits per heavy atom. The normalized spacial score (nSPS) is 19.6. The molecule has 1 saturated carbocycles. The molecule has 2 saturated heterocycles. The van der Waals surface area contributed by atoms with Gasteiger partial charge in [0.25, 0.3) is 5.91 Å². The van der Waals surface area contributed by atoms with Crippen LogP contribution in [0.1, 0.15) is 47.9 Å². The summed E-state index contributed by atoms with van der Waals surface area (Å²) >= 11 is 0. The molecule has 6 rings (SSSR count). The number of alkyl halides is 1. The van der Waals surface area contributed by atoms with Gasteiger partial charge in [0.1, 0.15) is 29.0 Å². The highest BCUT2D eigenvalue weighted by molar-refractivity contribution is 5.95. The fourth-order valence-corrected chi connectivity index (χ4v) is 5.12. The zero-order valence-electron chi connectivity index (χ0n) is 20.9. The second kappa shape index (κ2) is 10.4. The van der Waals surface area contributed by atoms with Crippen molar-refractivity contribution in [3.8, 4) is 0 Å². The number of fused-ring (bicyclic) bond motifs is 1. The summed E-state index contributed by atoms with van der Waals surface area (Å²) in [6.45, 7) is 3.12. The van der Waals surface area contributed by atoms with Crippen molar-refractivity contribution < 1.29 is 22.7 Å². The van der Waals surface area contributed by atoms with Crippen molar-refractivity contribution in [1.82, 2.24) is 19.9 Å². The number of morpholine rings is 1. The van der Waals surface area contributed by atoms with Gasteiger partial charge in [-0.2, -0.15) is 0 Å². The molecule has 1 aromatic carbocycles. The zero-order chi connectivity index (χ0) is 26.2. The van der Waals surface area contributed by atoms with Gasteiger partial charge in [-0.25, -0.2) is 28.1 Å². The molecule has 0 spiro atoms. The smallest absolute Gasteiger partial charge is 0.272 e. The number of anilines is 2. The number of carbonyl (C=O) groups is 1. The van der Waals surface area contributed by atoms with E-state index in [4.69, 9.17) is 14.7 Å². The Kier molecular flexibility index (Phi) is 6.77. The Morgan fingerprint density at radius 2 is 1.76 bits per heavy atom. The van der Waals surface area contributed by atoms with Gasteiger partial charge in [0.05, 0.1) is 24.9 Å². The number of carbonyl (C=O) groups excluding carboxylic acids is 1. The first-order valence-electron chi connectivity index (χ1n) is 13.1. The minimum absolute atomic E-state index is 0.0973. The van der Waals surface area contributed by atoms with Gasteiger partial charge < -0.3 is 19.9 Å². The minimum atomic E-state index is -1.50. The van der Waals surface area contributed by atoms with Crippen molar-refractivity contribution in [2.24, 2.45) is 5.92 Å². The molecule has 3 aliphatic rings. The van der Waals surface area contributed by atoms with E-state index in [0.717, 1.165) is 25.0 Å². The Balaban J connectivity index is 1.22. The Hall–Kier alpha value is -3.47. The number of nitrogens with one attached hydrogen (secondary N) is 1. The standard InChI is InChI=1S/C27H29F3N6O2/c28-17-1-4-19(20(29)13-17)24(30)16-5-7-35(8-6-16)26-25(32-18-2-3-18)33-21-14-22(31-15-23(21)34-26)27(37)36-9-11-38-12-10-36/h1,4,13-16,18,24H,2-3,5-12H2,(H,32,33)/t24-/m1/s1. The first kappa shape index (κ1) is 24.8. The maximum Gasteiger partial charge on any atom is 0.272 e. The van der Waals surface area contributed by atoms with Crippen LogP contribution in [0.2, 0.25) is 0 Å². The number of pyridine rings is 1. The van der Waals surface area contributed by atoms with Gasteiger partial charge in [-0.05, 0) is 43.7 Å². The average Bonchev–Trinajstić information content (AvgIpc) is 3.76. The van der Waals surface area contributed by atoms with Crippen LogP contribution in [0.15, 0.2) is 30.5 Å². The molecule has 3 fully saturated rings. The Labute approximate surface area is 218 Å². The van der Waals surface area contributed by atoms with E-state index >= 15 is 4.39 Å². The molecular formula is C27H29F3N6O2. The van der Waals surface area contributed by atoms with Crippen molar-refractivity contribution >= 4 is 28.6 Å². The number of benzene rings is 1. The Morgan fingerprint density at radius 3 is 2.47 bits per heavy atom. The predicted octanol–water partition coefficient (Wildman–Crippen LogP) is 4.28. The third-order valence-electron chi connectivity index (χ3n) is 7.48. The summed E-state index contributed by atoms with van der Waals surface area (Å²) in [6, 6.07) is 5.02. The van der Waals surface area contributed by atoms with E-state index in [0.29, 0.717) is 86.6 Å². The van der Waals surface area contributed by atoms with Crippen LogP contribution in [0, 0.1) is 17.6 Å². The molecule has 1 N–H and O–H groups in total. The van der Waals surface area contributed by atoms with E-state index in [1.807, 2.05) is 0 Å². The van der Waals surface area contributed by atoms with Crippen molar-refractivity contribution in [2.45, 2.75) is 37.9 Å². The molecule has 0 bridgehead atoms. The van der Waals surface area contributed by atoms with E-state index in [1.165, 1.54) is 6.07 Å². The first-order chi connectivity index (χ1) is 18.5. The van der Waals surface area contributed by atoms with Gasteiger partial charge in [0, 0.05) is 43.9 Å². The van der Waals surface area contributed by atoms with Crippen LogP contribution < -0.4 is 10.2 Å². The molecule has 8 nitrogen and oxygen atoms in total. The monoisotopic (exact) mass is 526 g/mol. The van der Waals surface area contributed by atoms with E-state index < -0.39 is 17.8 Å². The molecule has 1 atom stereocenters. The molecule has 1 amide bonds. The highest BCUT2D eigenvalue weighted by atomic mass is 19.1. The van der Waals surface area contributed by atoms with Gasteiger partial charge >= 0.3 is 0 Å². The number of halogens is 3. The van der Waals surface area contributed by atoms with Crippen LogP contribution >= 0.6 is 0 Å². The highest BCUT2D eigenvalue weighted by Crippen LogP contribution is 2.38.